The average Bonchev–Trinajstić information content (AvgIpc) is 3.25. The first-order valence-electron chi connectivity index (χ1n) is 9.02. The minimum absolute atomic E-state index is 0.0857. The van der Waals surface area contributed by atoms with Crippen LogP contribution in [0.1, 0.15) is 22.4 Å². The second kappa shape index (κ2) is 7.92. The zero-order valence-corrected chi connectivity index (χ0v) is 17.4. The Bertz CT molecular complexity index is 1300. The summed E-state index contributed by atoms with van der Waals surface area (Å²) in [6, 6.07) is 6.45. The molecule has 4 aromatic rings. The number of benzene rings is 2. The lowest BCUT2D eigenvalue weighted by molar-refractivity contribution is -0.137. The summed E-state index contributed by atoms with van der Waals surface area (Å²) in [5, 5.41) is 10.9. The van der Waals surface area contributed by atoms with Crippen LogP contribution in [-0.4, -0.2) is 20.6 Å². The summed E-state index contributed by atoms with van der Waals surface area (Å²) in [6.45, 7) is -1.16. The minimum Gasteiger partial charge on any atom is -0.480 e. The van der Waals surface area contributed by atoms with E-state index < -0.39 is 26.0 Å². The van der Waals surface area contributed by atoms with E-state index >= 15 is 0 Å². The largest absolute Gasteiger partial charge is 0.480 e. The number of hydrogen-bond donors (Lipinski definition) is 1. The number of alkyl halides is 3. The van der Waals surface area contributed by atoms with E-state index in [1.807, 2.05) is 0 Å². The van der Waals surface area contributed by atoms with Crippen molar-refractivity contribution in [3.8, 4) is 10.6 Å². The van der Waals surface area contributed by atoms with Crippen LogP contribution in [0.15, 0.2) is 24.3 Å². The molecule has 1 N–H and O–H groups in total. The molecule has 2 aromatic heterocycles. The molecule has 0 radical (unpaired) electrons. The van der Waals surface area contributed by atoms with Gasteiger partial charge in [0.05, 0.1) is 10.2 Å². The molecule has 0 aliphatic carbocycles. The molecule has 0 aliphatic heterocycles. The number of rotatable bonds is 6. The Hall–Kier alpha value is -2.58. The van der Waals surface area contributed by atoms with Crippen molar-refractivity contribution >= 4 is 50.0 Å². The topological polar surface area (TPSA) is 55.1 Å². The van der Waals surface area contributed by atoms with Crippen molar-refractivity contribution in [2.45, 2.75) is 33.5 Å². The first-order valence-corrected chi connectivity index (χ1v) is 10.2. The molecule has 0 aliphatic rings. The van der Waals surface area contributed by atoms with Crippen molar-refractivity contribution in [3.63, 3.8) is 0 Å². The Morgan fingerprint density at radius 1 is 1.17 bits per heavy atom. The van der Waals surface area contributed by atoms with Crippen LogP contribution in [0.4, 0.5) is 13.2 Å². The van der Waals surface area contributed by atoms with Crippen LogP contribution < -0.4 is 0 Å². The quantitative estimate of drug-likeness (QED) is 0.369. The monoisotopic (exact) mass is 452 g/mol. The fraction of sp³-hybridized carbons (Fsp3) is 0.238. The van der Waals surface area contributed by atoms with E-state index in [-0.39, 0.29) is 28.8 Å². The molecular weight excluding hydrogens is 437 g/mol. The summed E-state index contributed by atoms with van der Waals surface area (Å²) in [6.07, 6.45) is 0. The first kappa shape index (κ1) is 20.7. The highest BCUT2D eigenvalue weighted by Gasteiger charge is 2.23. The summed E-state index contributed by atoms with van der Waals surface area (Å²) < 4.78 is 42.8. The van der Waals surface area contributed by atoms with Gasteiger partial charge in [-0.1, -0.05) is 11.6 Å². The number of thiazole rings is 1. The molecule has 30 heavy (non-hydrogen) atoms. The Morgan fingerprint density at radius 3 is 2.53 bits per heavy atom. The number of nitrogens with zero attached hydrogens (tertiary/aromatic N) is 2. The maximum Gasteiger partial charge on any atom is 0.323 e. The van der Waals surface area contributed by atoms with E-state index in [9.17, 15) is 23.1 Å². The Kier molecular flexibility index (Phi) is 5.46. The predicted octanol–water partition coefficient (Wildman–Crippen LogP) is 6.37. The van der Waals surface area contributed by atoms with Gasteiger partial charge in [-0.05, 0) is 36.8 Å². The van der Waals surface area contributed by atoms with E-state index in [1.165, 1.54) is 17.4 Å². The van der Waals surface area contributed by atoms with Crippen molar-refractivity contribution < 1.29 is 23.1 Å². The smallest absolute Gasteiger partial charge is 0.323 e. The van der Waals surface area contributed by atoms with Gasteiger partial charge >= 0.3 is 5.97 Å². The van der Waals surface area contributed by atoms with Gasteiger partial charge in [-0.25, -0.2) is 18.2 Å². The van der Waals surface area contributed by atoms with Gasteiger partial charge in [0.2, 0.25) is 0 Å². The van der Waals surface area contributed by atoms with E-state index in [0.717, 1.165) is 0 Å². The highest BCUT2D eigenvalue weighted by molar-refractivity contribution is 7.22. The standard InChI is InChI=1S/C21H16ClF3N2O2S/c1-10-18(14-5-13(22)2-3-16(14)27(10)9-17(28)29)21-26-19-15(8-25)11(6-23)4-12(7-24)20(19)30-21/h2-5H,6-9H2,1H3,(H,28,29). The minimum atomic E-state index is -1.01. The fourth-order valence-electron chi connectivity index (χ4n) is 3.80. The van der Waals surface area contributed by atoms with Crippen molar-refractivity contribution in [1.29, 1.82) is 0 Å². The molecule has 0 atom stereocenters. The molecule has 0 spiro atoms. The van der Waals surface area contributed by atoms with Gasteiger partial charge in [0.25, 0.3) is 0 Å². The molecule has 0 unspecified atom stereocenters. The van der Waals surface area contributed by atoms with Crippen LogP contribution >= 0.6 is 22.9 Å². The molecule has 156 valence electrons. The molecule has 0 saturated heterocycles. The molecule has 2 heterocycles. The van der Waals surface area contributed by atoms with Crippen LogP contribution in [0.25, 0.3) is 31.7 Å². The lowest BCUT2D eigenvalue weighted by atomic mass is 10.0. The van der Waals surface area contributed by atoms with Crippen LogP contribution in [0.3, 0.4) is 0 Å². The molecule has 0 bridgehead atoms. The lowest BCUT2D eigenvalue weighted by Crippen LogP contribution is -2.09. The van der Waals surface area contributed by atoms with Gasteiger partial charge < -0.3 is 9.67 Å². The zero-order valence-electron chi connectivity index (χ0n) is 15.8. The number of carbonyl (C=O) groups is 1. The lowest BCUT2D eigenvalue weighted by Gasteiger charge is -2.06. The second-order valence-corrected chi connectivity index (χ2v) is 8.31. The maximum absolute atomic E-state index is 13.7. The van der Waals surface area contributed by atoms with E-state index in [1.54, 1.807) is 29.7 Å². The molecule has 0 saturated carbocycles. The number of hydrogen-bond acceptors (Lipinski definition) is 3. The third-order valence-corrected chi connectivity index (χ3v) is 6.54. The maximum atomic E-state index is 13.7. The molecule has 4 nitrogen and oxygen atoms in total. The summed E-state index contributed by atoms with van der Waals surface area (Å²) in [5.74, 6) is -1.01. The Balaban J connectivity index is 2.06. The normalized spacial score (nSPS) is 11.6. The number of aliphatic carboxylic acids is 1. The van der Waals surface area contributed by atoms with Crippen LogP contribution in [-0.2, 0) is 31.4 Å². The predicted molar refractivity (Wildman–Crippen MR) is 112 cm³/mol. The number of halogens is 4. The SMILES string of the molecule is Cc1c(-c2nc3c(CF)c(CF)cc(CF)c3s2)c2cc(Cl)ccc2n1CC(=O)O. The van der Waals surface area contributed by atoms with E-state index in [4.69, 9.17) is 11.6 Å². The summed E-state index contributed by atoms with van der Waals surface area (Å²) in [5.41, 5.74) is 2.63. The molecule has 4 rings (SSSR count). The Morgan fingerprint density at radius 2 is 1.90 bits per heavy atom. The summed E-state index contributed by atoms with van der Waals surface area (Å²) >= 11 is 7.35. The van der Waals surface area contributed by atoms with Crippen LogP contribution in [0.5, 0.6) is 0 Å². The molecule has 9 heteroatoms. The third-order valence-electron chi connectivity index (χ3n) is 5.15. The number of fused-ring (bicyclic) bond motifs is 2. The van der Waals surface area contributed by atoms with E-state index in [0.29, 0.717) is 36.9 Å². The van der Waals surface area contributed by atoms with Crippen molar-refractivity contribution in [1.82, 2.24) is 9.55 Å². The number of carboxylic acids is 1. The zero-order chi connectivity index (χ0) is 21.6. The highest BCUT2D eigenvalue weighted by atomic mass is 35.5. The second-order valence-electron chi connectivity index (χ2n) is 6.87. The molecular formula is C21H16ClF3N2O2S. The van der Waals surface area contributed by atoms with Crippen LogP contribution in [0.2, 0.25) is 5.02 Å². The average molecular weight is 453 g/mol. The van der Waals surface area contributed by atoms with Gasteiger partial charge in [0.15, 0.2) is 0 Å². The van der Waals surface area contributed by atoms with Crippen LogP contribution in [0, 0.1) is 6.92 Å². The van der Waals surface area contributed by atoms with Gasteiger partial charge in [0, 0.05) is 38.3 Å². The van der Waals surface area contributed by atoms with Gasteiger partial charge in [-0.2, -0.15) is 0 Å². The Labute approximate surface area is 178 Å². The molecule has 2 aromatic carbocycles. The van der Waals surface area contributed by atoms with E-state index in [2.05, 4.69) is 4.98 Å². The summed E-state index contributed by atoms with van der Waals surface area (Å²) in [4.78, 5) is 15.9. The number of aromatic nitrogens is 2. The number of carboxylic acid groups (broad SMARTS) is 1. The van der Waals surface area contributed by atoms with Crippen molar-refractivity contribution in [2.24, 2.45) is 0 Å². The highest BCUT2D eigenvalue weighted by Crippen LogP contribution is 2.42. The summed E-state index contributed by atoms with van der Waals surface area (Å²) in [7, 11) is 0. The molecule has 0 amide bonds. The first-order chi connectivity index (χ1) is 14.4. The van der Waals surface area contributed by atoms with Gasteiger partial charge in [-0.3, -0.25) is 4.79 Å². The van der Waals surface area contributed by atoms with Crippen molar-refractivity contribution in [2.75, 3.05) is 0 Å². The van der Waals surface area contributed by atoms with Gasteiger partial charge in [-0.15, -0.1) is 11.3 Å². The fourth-order valence-corrected chi connectivity index (χ4v) is 5.17. The third kappa shape index (κ3) is 3.24. The molecule has 0 fully saturated rings. The van der Waals surface area contributed by atoms with Crippen molar-refractivity contribution in [3.05, 3.63) is 51.7 Å². The van der Waals surface area contributed by atoms with Gasteiger partial charge in [0.1, 0.15) is 31.6 Å².